The molecule has 0 aliphatic carbocycles. The van der Waals surface area contributed by atoms with Gasteiger partial charge in [0.25, 0.3) is 4.87 Å². The zero-order chi connectivity index (χ0) is 16.7. The van der Waals surface area contributed by atoms with Gasteiger partial charge in [-0.3, -0.25) is 4.79 Å². The van der Waals surface area contributed by atoms with E-state index in [0.29, 0.717) is 23.7 Å². The molecule has 0 bridgehead atoms. The van der Waals surface area contributed by atoms with E-state index in [1.165, 1.54) is 5.56 Å². The van der Waals surface area contributed by atoms with Crippen molar-refractivity contribution < 1.29 is 18.7 Å². The average Bonchev–Trinajstić information content (AvgIpc) is 2.89. The number of ether oxygens (including phenoxy) is 1. The van der Waals surface area contributed by atoms with Crippen molar-refractivity contribution in [2.75, 3.05) is 6.61 Å². The third kappa shape index (κ3) is 5.17. The molecule has 2 rings (SSSR count). The molecular weight excluding hydrogens is 314 g/mol. The first-order chi connectivity index (χ1) is 11.1. The van der Waals surface area contributed by atoms with Gasteiger partial charge in [-0.2, -0.15) is 4.99 Å². The number of amides is 1. The fourth-order valence-corrected chi connectivity index (χ4v) is 2.85. The number of aryl methyl sites for hydroxylation is 2. The Bertz CT molecular complexity index is 731. The van der Waals surface area contributed by atoms with E-state index in [4.69, 9.17) is 9.15 Å². The third-order valence-electron chi connectivity index (χ3n) is 3.13. The zero-order valence-electron chi connectivity index (χ0n) is 13.2. The van der Waals surface area contributed by atoms with E-state index in [1.807, 2.05) is 30.3 Å². The Balaban J connectivity index is 1.94. The van der Waals surface area contributed by atoms with Gasteiger partial charge in [0.1, 0.15) is 5.76 Å². The highest BCUT2D eigenvalue weighted by molar-refractivity contribution is 7.11. The number of rotatable bonds is 6. The summed E-state index contributed by atoms with van der Waals surface area (Å²) < 4.78 is 10.3. The first-order valence-corrected chi connectivity index (χ1v) is 8.31. The molecule has 0 atom stereocenters. The molecule has 0 saturated heterocycles. The number of carbonyl (C=O) groups is 2. The normalized spacial score (nSPS) is 11.5. The van der Waals surface area contributed by atoms with E-state index < -0.39 is 5.97 Å². The maximum atomic E-state index is 11.9. The van der Waals surface area contributed by atoms with Gasteiger partial charge in [0.05, 0.1) is 6.61 Å². The molecule has 23 heavy (non-hydrogen) atoms. The average molecular weight is 333 g/mol. The summed E-state index contributed by atoms with van der Waals surface area (Å²) >= 11 is 1.04. The highest BCUT2D eigenvalue weighted by Gasteiger charge is 2.15. The molecule has 0 fully saturated rings. The maximum Gasteiger partial charge on any atom is 0.351 e. The van der Waals surface area contributed by atoms with E-state index in [2.05, 4.69) is 4.99 Å². The highest BCUT2D eigenvalue weighted by Crippen LogP contribution is 2.13. The van der Waals surface area contributed by atoms with Gasteiger partial charge in [-0.05, 0) is 32.3 Å². The first-order valence-electron chi connectivity index (χ1n) is 7.49. The van der Waals surface area contributed by atoms with Crippen LogP contribution in [0.1, 0.15) is 40.8 Å². The second-order valence-corrected chi connectivity index (χ2v) is 5.88. The van der Waals surface area contributed by atoms with Crippen molar-refractivity contribution >= 4 is 23.2 Å². The lowest BCUT2D eigenvalue weighted by Gasteiger charge is -1.98. The van der Waals surface area contributed by atoms with Crippen LogP contribution in [0.2, 0.25) is 0 Å². The second kappa shape index (κ2) is 8.43. The van der Waals surface area contributed by atoms with Crippen LogP contribution in [0.15, 0.2) is 39.7 Å². The molecule has 1 aromatic heterocycles. The van der Waals surface area contributed by atoms with E-state index in [9.17, 15) is 9.59 Å². The molecule has 0 saturated carbocycles. The van der Waals surface area contributed by atoms with Crippen molar-refractivity contribution in [2.24, 2.45) is 4.99 Å². The summed E-state index contributed by atoms with van der Waals surface area (Å²) in [5, 5.41) is 0. The lowest BCUT2D eigenvalue weighted by atomic mass is 10.1. The Labute approximate surface area is 138 Å². The van der Waals surface area contributed by atoms with Crippen molar-refractivity contribution in [3.8, 4) is 0 Å². The Hall–Kier alpha value is -2.21. The van der Waals surface area contributed by atoms with Crippen molar-refractivity contribution in [1.29, 1.82) is 0 Å². The molecule has 0 aliphatic heterocycles. The SMILES string of the molecule is CCOC(=O)c1sc(=NC(=O)CCCc2ccccc2)oc1C. The monoisotopic (exact) mass is 333 g/mol. The molecule has 0 spiro atoms. The van der Waals surface area contributed by atoms with Crippen molar-refractivity contribution in [3.05, 3.63) is 51.4 Å². The van der Waals surface area contributed by atoms with Gasteiger partial charge in [0.15, 0.2) is 4.88 Å². The first kappa shape index (κ1) is 17.1. The van der Waals surface area contributed by atoms with Crippen LogP contribution in [0.25, 0.3) is 0 Å². The molecule has 1 heterocycles. The van der Waals surface area contributed by atoms with E-state index >= 15 is 0 Å². The standard InChI is InChI=1S/C17H19NO4S/c1-3-21-16(20)15-12(2)22-17(23-15)18-14(19)11-7-10-13-8-5-4-6-9-13/h4-6,8-9H,3,7,10-11H2,1-2H3. The maximum absolute atomic E-state index is 11.9. The number of carbonyl (C=O) groups excluding carboxylic acids is 2. The van der Waals surface area contributed by atoms with Gasteiger partial charge < -0.3 is 9.15 Å². The molecule has 6 heteroatoms. The Morgan fingerprint density at radius 2 is 2.00 bits per heavy atom. The van der Waals surface area contributed by atoms with Crippen molar-refractivity contribution in [3.63, 3.8) is 0 Å². The van der Waals surface area contributed by atoms with Gasteiger partial charge >= 0.3 is 5.97 Å². The summed E-state index contributed by atoms with van der Waals surface area (Å²) in [5.74, 6) is -0.276. The molecular formula is C17H19NO4S. The second-order valence-electron chi connectivity index (χ2n) is 4.92. The molecule has 0 unspecified atom stereocenters. The summed E-state index contributed by atoms with van der Waals surface area (Å²) in [6, 6.07) is 9.99. The van der Waals surface area contributed by atoms with Crippen molar-refractivity contribution in [2.45, 2.75) is 33.1 Å². The van der Waals surface area contributed by atoms with E-state index in [1.54, 1.807) is 13.8 Å². The molecule has 122 valence electrons. The van der Waals surface area contributed by atoms with E-state index in [-0.39, 0.29) is 10.8 Å². The summed E-state index contributed by atoms with van der Waals surface area (Å²) in [6.45, 7) is 3.68. The number of esters is 1. The van der Waals surface area contributed by atoms with Crippen LogP contribution in [0, 0.1) is 6.92 Å². The zero-order valence-corrected chi connectivity index (χ0v) is 14.0. The van der Waals surface area contributed by atoms with Crippen LogP contribution in [-0.2, 0) is 16.0 Å². The Morgan fingerprint density at radius 1 is 1.26 bits per heavy atom. The van der Waals surface area contributed by atoms with Crippen LogP contribution >= 0.6 is 11.3 Å². The topological polar surface area (TPSA) is 68.9 Å². The molecule has 1 amide bonds. The van der Waals surface area contributed by atoms with Crippen LogP contribution in [0.3, 0.4) is 0 Å². The van der Waals surface area contributed by atoms with Crippen LogP contribution in [0.5, 0.6) is 0 Å². The van der Waals surface area contributed by atoms with Gasteiger partial charge in [-0.1, -0.05) is 41.7 Å². The number of nitrogens with zero attached hydrogens (tertiary/aromatic N) is 1. The molecule has 5 nitrogen and oxygen atoms in total. The van der Waals surface area contributed by atoms with Crippen LogP contribution < -0.4 is 4.87 Å². The van der Waals surface area contributed by atoms with Crippen molar-refractivity contribution in [1.82, 2.24) is 0 Å². The third-order valence-corrected chi connectivity index (χ3v) is 4.13. The molecule has 2 aromatic rings. The van der Waals surface area contributed by atoms with E-state index in [0.717, 1.165) is 24.2 Å². The van der Waals surface area contributed by atoms with Gasteiger partial charge in [-0.15, -0.1) is 0 Å². The summed E-state index contributed by atoms with van der Waals surface area (Å²) in [5.41, 5.74) is 1.20. The Kier molecular flexibility index (Phi) is 6.29. The lowest BCUT2D eigenvalue weighted by molar-refractivity contribution is -0.118. The fourth-order valence-electron chi connectivity index (χ4n) is 2.03. The van der Waals surface area contributed by atoms with Gasteiger partial charge in [-0.25, -0.2) is 4.79 Å². The summed E-state index contributed by atoms with van der Waals surface area (Å²) in [7, 11) is 0. The largest absolute Gasteiger partial charge is 0.462 e. The minimum atomic E-state index is -0.447. The predicted molar refractivity (Wildman–Crippen MR) is 87.2 cm³/mol. The molecule has 0 aliphatic rings. The van der Waals surface area contributed by atoms with Gasteiger partial charge in [0, 0.05) is 6.42 Å². The number of benzene rings is 1. The number of hydrogen-bond acceptors (Lipinski definition) is 5. The van der Waals surface area contributed by atoms with Crippen LogP contribution in [-0.4, -0.2) is 18.5 Å². The molecule has 0 N–H and O–H groups in total. The summed E-state index contributed by atoms with van der Waals surface area (Å²) in [6.07, 6.45) is 1.90. The minimum Gasteiger partial charge on any atom is -0.462 e. The Morgan fingerprint density at radius 3 is 2.70 bits per heavy atom. The fraction of sp³-hybridized carbons (Fsp3) is 0.353. The quantitative estimate of drug-likeness (QED) is 0.761. The lowest BCUT2D eigenvalue weighted by Crippen LogP contribution is -2.04. The smallest absolute Gasteiger partial charge is 0.351 e. The summed E-state index contributed by atoms with van der Waals surface area (Å²) in [4.78, 5) is 28.0. The number of hydrogen-bond donors (Lipinski definition) is 0. The minimum absolute atomic E-state index is 0.190. The predicted octanol–water partition coefficient (Wildman–Crippen LogP) is 3.28. The molecule has 1 aromatic carbocycles. The van der Waals surface area contributed by atoms with Gasteiger partial charge in [0.2, 0.25) is 5.91 Å². The highest BCUT2D eigenvalue weighted by atomic mass is 32.1. The molecule has 0 radical (unpaired) electrons. The van der Waals surface area contributed by atoms with Crippen LogP contribution in [0.4, 0.5) is 0 Å².